The third-order valence-electron chi connectivity index (χ3n) is 2.47. The highest BCUT2D eigenvalue weighted by Gasteiger charge is 2.19. The van der Waals surface area contributed by atoms with E-state index in [4.69, 9.17) is 4.74 Å². The van der Waals surface area contributed by atoms with Gasteiger partial charge in [0.25, 0.3) is 0 Å². The van der Waals surface area contributed by atoms with Crippen LogP contribution in [0.3, 0.4) is 0 Å². The van der Waals surface area contributed by atoms with Crippen molar-refractivity contribution < 1.29 is 9.53 Å². The predicted octanol–water partition coefficient (Wildman–Crippen LogP) is 0.987. The van der Waals surface area contributed by atoms with Gasteiger partial charge in [0, 0.05) is 32.1 Å². The minimum Gasteiger partial charge on any atom is -0.378 e. The number of hydrogen-bond donors (Lipinski definition) is 1. The zero-order valence-electron chi connectivity index (χ0n) is 10.1. The Labute approximate surface area is 109 Å². The maximum atomic E-state index is 11.9. The molecule has 17 heavy (non-hydrogen) atoms. The summed E-state index contributed by atoms with van der Waals surface area (Å²) >= 11 is 0. The summed E-state index contributed by atoms with van der Waals surface area (Å²) in [7, 11) is 0. The zero-order valence-corrected chi connectivity index (χ0v) is 10.9. The predicted molar refractivity (Wildman–Crippen MR) is 71.4 cm³/mol. The van der Waals surface area contributed by atoms with Crippen LogP contribution in [0.1, 0.15) is 6.42 Å². The summed E-state index contributed by atoms with van der Waals surface area (Å²) in [5.41, 5.74) is 0. The first-order valence-corrected chi connectivity index (χ1v) is 5.58. The SMILES string of the molecule is C=CCN(CC=C)C(=O)CC1COCCN1.Cl. The van der Waals surface area contributed by atoms with E-state index < -0.39 is 0 Å². The first kappa shape index (κ1) is 16.2. The van der Waals surface area contributed by atoms with Crippen molar-refractivity contribution in [3.05, 3.63) is 25.3 Å². The van der Waals surface area contributed by atoms with Gasteiger partial charge in [0.1, 0.15) is 0 Å². The molecule has 0 aromatic heterocycles. The van der Waals surface area contributed by atoms with Crippen LogP contribution in [0.5, 0.6) is 0 Å². The van der Waals surface area contributed by atoms with Gasteiger partial charge < -0.3 is 15.0 Å². The van der Waals surface area contributed by atoms with Crippen molar-refractivity contribution >= 4 is 18.3 Å². The van der Waals surface area contributed by atoms with Crippen LogP contribution in [-0.2, 0) is 9.53 Å². The smallest absolute Gasteiger partial charge is 0.224 e. The van der Waals surface area contributed by atoms with E-state index >= 15 is 0 Å². The molecule has 1 saturated heterocycles. The van der Waals surface area contributed by atoms with Crippen LogP contribution in [0.25, 0.3) is 0 Å². The minimum atomic E-state index is 0. The number of carbonyl (C=O) groups excluding carboxylic acids is 1. The molecule has 1 rings (SSSR count). The molecule has 1 amide bonds. The topological polar surface area (TPSA) is 41.6 Å². The molecule has 1 aliphatic heterocycles. The highest BCUT2D eigenvalue weighted by Crippen LogP contribution is 2.03. The van der Waals surface area contributed by atoms with Crippen molar-refractivity contribution in [1.82, 2.24) is 10.2 Å². The maximum Gasteiger partial charge on any atom is 0.224 e. The fraction of sp³-hybridized carbons (Fsp3) is 0.583. The first-order chi connectivity index (χ1) is 7.77. The number of morpholine rings is 1. The summed E-state index contributed by atoms with van der Waals surface area (Å²) in [4.78, 5) is 13.7. The lowest BCUT2D eigenvalue weighted by atomic mass is 10.2. The van der Waals surface area contributed by atoms with Gasteiger partial charge in [0.05, 0.1) is 13.2 Å². The zero-order chi connectivity index (χ0) is 11.8. The summed E-state index contributed by atoms with van der Waals surface area (Å²) in [5, 5.41) is 3.26. The Morgan fingerprint density at radius 1 is 1.41 bits per heavy atom. The van der Waals surface area contributed by atoms with Crippen LogP contribution in [-0.4, -0.2) is 49.7 Å². The molecule has 0 saturated carbocycles. The summed E-state index contributed by atoms with van der Waals surface area (Å²) in [5.74, 6) is 0.114. The van der Waals surface area contributed by atoms with Gasteiger partial charge in [-0.2, -0.15) is 0 Å². The van der Waals surface area contributed by atoms with E-state index in [1.54, 1.807) is 17.1 Å². The number of nitrogens with zero attached hydrogens (tertiary/aromatic N) is 1. The molecule has 1 N–H and O–H groups in total. The molecular formula is C12H21ClN2O2. The van der Waals surface area contributed by atoms with Gasteiger partial charge in [-0.3, -0.25) is 4.79 Å². The summed E-state index contributed by atoms with van der Waals surface area (Å²) in [6.45, 7) is 10.6. The first-order valence-electron chi connectivity index (χ1n) is 5.58. The van der Waals surface area contributed by atoms with Crippen molar-refractivity contribution in [2.24, 2.45) is 0 Å². The van der Waals surface area contributed by atoms with Crippen molar-refractivity contribution in [3.8, 4) is 0 Å². The van der Waals surface area contributed by atoms with E-state index in [2.05, 4.69) is 18.5 Å². The summed E-state index contributed by atoms with van der Waals surface area (Å²) < 4.78 is 5.31. The van der Waals surface area contributed by atoms with Gasteiger partial charge in [-0.05, 0) is 0 Å². The molecule has 1 aliphatic rings. The Morgan fingerprint density at radius 3 is 2.53 bits per heavy atom. The van der Waals surface area contributed by atoms with E-state index in [0.29, 0.717) is 26.1 Å². The third-order valence-corrected chi connectivity index (χ3v) is 2.47. The number of hydrogen-bond acceptors (Lipinski definition) is 3. The fourth-order valence-corrected chi connectivity index (χ4v) is 1.68. The Bertz CT molecular complexity index is 243. The Kier molecular flexibility index (Phi) is 8.76. The average molecular weight is 261 g/mol. The molecule has 0 aromatic rings. The van der Waals surface area contributed by atoms with Crippen LogP contribution in [0, 0.1) is 0 Å². The number of nitrogens with one attached hydrogen (secondary N) is 1. The molecule has 1 atom stereocenters. The van der Waals surface area contributed by atoms with Gasteiger partial charge in [0.2, 0.25) is 5.91 Å². The van der Waals surface area contributed by atoms with Crippen LogP contribution in [0.4, 0.5) is 0 Å². The summed E-state index contributed by atoms with van der Waals surface area (Å²) in [6, 6.07) is 0.137. The van der Waals surface area contributed by atoms with Crippen LogP contribution in [0.2, 0.25) is 0 Å². The van der Waals surface area contributed by atoms with E-state index in [9.17, 15) is 4.79 Å². The number of halogens is 1. The fourth-order valence-electron chi connectivity index (χ4n) is 1.68. The molecule has 0 spiro atoms. The Balaban J connectivity index is 0.00000256. The monoisotopic (exact) mass is 260 g/mol. The van der Waals surface area contributed by atoms with Gasteiger partial charge in [0.15, 0.2) is 0 Å². The van der Waals surface area contributed by atoms with Crippen molar-refractivity contribution in [3.63, 3.8) is 0 Å². The molecule has 1 fully saturated rings. The minimum absolute atomic E-state index is 0. The van der Waals surface area contributed by atoms with Crippen LogP contribution in [0.15, 0.2) is 25.3 Å². The third kappa shape index (κ3) is 5.86. The number of carbonyl (C=O) groups is 1. The molecule has 5 heteroatoms. The molecule has 98 valence electrons. The second-order valence-electron chi connectivity index (χ2n) is 3.81. The number of rotatable bonds is 6. The second-order valence-corrected chi connectivity index (χ2v) is 3.81. The van der Waals surface area contributed by atoms with Crippen molar-refractivity contribution in [2.45, 2.75) is 12.5 Å². The maximum absolute atomic E-state index is 11.9. The molecular weight excluding hydrogens is 240 g/mol. The lowest BCUT2D eigenvalue weighted by Crippen LogP contribution is -2.45. The lowest BCUT2D eigenvalue weighted by Gasteiger charge is -2.26. The molecule has 1 heterocycles. The molecule has 0 radical (unpaired) electrons. The lowest BCUT2D eigenvalue weighted by molar-refractivity contribution is -0.131. The normalized spacial score (nSPS) is 18.9. The highest BCUT2D eigenvalue weighted by atomic mass is 35.5. The van der Waals surface area contributed by atoms with Gasteiger partial charge in [-0.25, -0.2) is 0 Å². The summed E-state index contributed by atoms with van der Waals surface area (Å²) in [6.07, 6.45) is 3.93. The van der Waals surface area contributed by atoms with Crippen LogP contribution >= 0.6 is 12.4 Å². The largest absolute Gasteiger partial charge is 0.378 e. The highest BCUT2D eigenvalue weighted by molar-refractivity contribution is 5.85. The van der Waals surface area contributed by atoms with E-state index in [0.717, 1.165) is 13.2 Å². The molecule has 0 aromatic carbocycles. The molecule has 0 aliphatic carbocycles. The van der Waals surface area contributed by atoms with Gasteiger partial charge in [-0.15, -0.1) is 25.6 Å². The Hall–Kier alpha value is -0.840. The standard InChI is InChI=1S/C12H20N2O2.ClH/c1-3-6-14(7-4-2)12(15)9-11-10-16-8-5-13-11;/h3-4,11,13H,1-2,5-10H2;1H. The van der Waals surface area contributed by atoms with Gasteiger partial charge >= 0.3 is 0 Å². The number of ether oxygens (including phenoxy) is 1. The number of amides is 1. The van der Waals surface area contributed by atoms with E-state index in [1.165, 1.54) is 0 Å². The molecule has 1 unspecified atom stereocenters. The molecule has 0 bridgehead atoms. The van der Waals surface area contributed by atoms with Crippen LogP contribution < -0.4 is 5.32 Å². The van der Waals surface area contributed by atoms with Gasteiger partial charge in [-0.1, -0.05) is 12.2 Å². The average Bonchev–Trinajstić information content (AvgIpc) is 2.30. The molecule has 4 nitrogen and oxygen atoms in total. The van der Waals surface area contributed by atoms with Crippen molar-refractivity contribution in [2.75, 3.05) is 32.8 Å². The quantitative estimate of drug-likeness (QED) is 0.724. The van der Waals surface area contributed by atoms with Crippen molar-refractivity contribution in [1.29, 1.82) is 0 Å². The van der Waals surface area contributed by atoms with E-state index in [1.807, 2.05) is 0 Å². The van der Waals surface area contributed by atoms with E-state index in [-0.39, 0.29) is 24.4 Å². The second kappa shape index (κ2) is 9.22. The Morgan fingerprint density at radius 2 is 2.06 bits per heavy atom.